The van der Waals surface area contributed by atoms with Gasteiger partial charge in [0.25, 0.3) is 5.91 Å². The standard InChI is InChI=1S/C18H22F2N4O/c19-14-5-15(24-11-4-12(24)8-22-7-11)13-9-23(10-2-1-3-21-6-10)18(25)16(13)17(14)20/h5,10-12,21-22H,1-4,6-9H2. The molecule has 1 aromatic carbocycles. The fourth-order valence-corrected chi connectivity index (χ4v) is 4.92. The van der Waals surface area contributed by atoms with Crippen molar-refractivity contribution in [3.8, 4) is 0 Å². The highest BCUT2D eigenvalue weighted by Crippen LogP contribution is 2.42. The van der Waals surface area contributed by atoms with Crippen LogP contribution in [0.1, 0.15) is 35.2 Å². The van der Waals surface area contributed by atoms with Gasteiger partial charge in [-0.05, 0) is 25.8 Å². The summed E-state index contributed by atoms with van der Waals surface area (Å²) < 4.78 is 28.8. The van der Waals surface area contributed by atoms with Crippen molar-refractivity contribution >= 4 is 11.6 Å². The van der Waals surface area contributed by atoms with E-state index in [1.54, 1.807) is 4.90 Å². The zero-order valence-corrected chi connectivity index (χ0v) is 14.0. The molecule has 4 heterocycles. The highest BCUT2D eigenvalue weighted by Gasteiger charge is 2.46. The first-order valence-electron chi connectivity index (χ1n) is 9.16. The first-order valence-corrected chi connectivity index (χ1v) is 9.16. The summed E-state index contributed by atoms with van der Waals surface area (Å²) >= 11 is 0. The Kier molecular flexibility index (Phi) is 3.50. The largest absolute Gasteiger partial charge is 0.362 e. The van der Waals surface area contributed by atoms with E-state index in [0.717, 1.165) is 51.1 Å². The predicted octanol–water partition coefficient (Wildman–Crippen LogP) is 1.22. The van der Waals surface area contributed by atoms with Gasteiger partial charge in [-0.1, -0.05) is 0 Å². The molecule has 1 aromatic rings. The highest BCUT2D eigenvalue weighted by molar-refractivity contribution is 6.00. The molecule has 1 amide bonds. The Bertz CT molecular complexity index is 720. The van der Waals surface area contributed by atoms with E-state index < -0.39 is 11.6 Å². The molecule has 7 heteroatoms. The van der Waals surface area contributed by atoms with Gasteiger partial charge in [0.05, 0.1) is 5.56 Å². The van der Waals surface area contributed by atoms with E-state index in [9.17, 15) is 13.6 Å². The molecule has 2 bridgehead atoms. The number of carbonyl (C=O) groups is 1. The minimum atomic E-state index is -0.987. The number of amides is 1. The summed E-state index contributed by atoms with van der Waals surface area (Å²) in [6.45, 7) is 3.77. The third-order valence-electron chi connectivity index (χ3n) is 6.19. The summed E-state index contributed by atoms with van der Waals surface area (Å²) in [5, 5.41) is 6.65. The summed E-state index contributed by atoms with van der Waals surface area (Å²) in [4.78, 5) is 16.8. The highest BCUT2D eigenvalue weighted by atomic mass is 19.2. The lowest BCUT2D eigenvalue weighted by Crippen LogP contribution is -2.68. The second-order valence-electron chi connectivity index (χ2n) is 7.59. The van der Waals surface area contributed by atoms with Crippen LogP contribution in [-0.2, 0) is 6.54 Å². The quantitative estimate of drug-likeness (QED) is 0.844. The molecule has 3 unspecified atom stereocenters. The average Bonchev–Trinajstić information content (AvgIpc) is 2.98. The van der Waals surface area contributed by atoms with Gasteiger partial charge in [0, 0.05) is 61.6 Å². The normalized spacial score (nSPS) is 31.1. The Morgan fingerprint density at radius 1 is 1.08 bits per heavy atom. The molecule has 0 aliphatic carbocycles. The molecule has 3 fully saturated rings. The molecule has 0 spiro atoms. The smallest absolute Gasteiger partial charge is 0.257 e. The molecule has 4 aliphatic heterocycles. The number of carbonyl (C=O) groups excluding carboxylic acids is 1. The monoisotopic (exact) mass is 348 g/mol. The number of piperazine rings is 1. The molecule has 5 nitrogen and oxygen atoms in total. The Morgan fingerprint density at radius 3 is 2.52 bits per heavy atom. The number of halogens is 2. The Hall–Kier alpha value is -1.73. The van der Waals surface area contributed by atoms with Gasteiger partial charge in [0.15, 0.2) is 11.6 Å². The van der Waals surface area contributed by atoms with Crippen molar-refractivity contribution < 1.29 is 13.6 Å². The van der Waals surface area contributed by atoms with E-state index in [2.05, 4.69) is 15.5 Å². The van der Waals surface area contributed by atoms with Crippen LogP contribution in [0.4, 0.5) is 14.5 Å². The van der Waals surface area contributed by atoms with Crippen molar-refractivity contribution in [2.45, 2.75) is 43.9 Å². The van der Waals surface area contributed by atoms with Gasteiger partial charge in [-0.3, -0.25) is 4.79 Å². The van der Waals surface area contributed by atoms with Crippen molar-refractivity contribution in [3.63, 3.8) is 0 Å². The van der Waals surface area contributed by atoms with E-state index >= 15 is 0 Å². The summed E-state index contributed by atoms with van der Waals surface area (Å²) in [7, 11) is 0. The van der Waals surface area contributed by atoms with E-state index in [1.807, 2.05) is 0 Å². The van der Waals surface area contributed by atoms with Gasteiger partial charge in [-0.25, -0.2) is 8.78 Å². The van der Waals surface area contributed by atoms with Crippen molar-refractivity contribution in [2.75, 3.05) is 31.1 Å². The maximum Gasteiger partial charge on any atom is 0.257 e. The molecule has 4 aliphatic rings. The lowest BCUT2D eigenvalue weighted by atomic mass is 9.86. The fourth-order valence-electron chi connectivity index (χ4n) is 4.92. The molecule has 2 N–H and O–H groups in total. The topological polar surface area (TPSA) is 47.6 Å². The molecule has 3 saturated heterocycles. The van der Waals surface area contributed by atoms with Crippen LogP contribution in [0.5, 0.6) is 0 Å². The van der Waals surface area contributed by atoms with Crippen LogP contribution in [0.2, 0.25) is 0 Å². The number of hydrogen-bond acceptors (Lipinski definition) is 4. The molecular weight excluding hydrogens is 326 g/mol. The van der Waals surface area contributed by atoms with Crippen molar-refractivity contribution in [2.24, 2.45) is 0 Å². The SMILES string of the molecule is O=C1c2c(F)c(F)cc(N3C4CNCC3C4)c2CN1C1CCCNC1. The van der Waals surface area contributed by atoms with Crippen LogP contribution >= 0.6 is 0 Å². The minimum Gasteiger partial charge on any atom is -0.362 e. The first kappa shape index (κ1) is 15.5. The lowest BCUT2D eigenvalue weighted by Gasteiger charge is -2.55. The number of rotatable bonds is 2. The number of benzene rings is 1. The molecule has 0 aromatic heterocycles. The predicted molar refractivity (Wildman–Crippen MR) is 89.7 cm³/mol. The van der Waals surface area contributed by atoms with Gasteiger partial charge >= 0.3 is 0 Å². The molecular formula is C18H22F2N4O. The van der Waals surface area contributed by atoms with Crippen LogP contribution in [-0.4, -0.2) is 55.1 Å². The lowest BCUT2D eigenvalue weighted by molar-refractivity contribution is 0.0671. The summed E-state index contributed by atoms with van der Waals surface area (Å²) in [6, 6.07) is 1.98. The van der Waals surface area contributed by atoms with Crippen molar-refractivity contribution in [1.82, 2.24) is 15.5 Å². The summed E-state index contributed by atoms with van der Waals surface area (Å²) in [5.74, 6) is -2.26. The number of nitrogens with zero attached hydrogens (tertiary/aromatic N) is 2. The third kappa shape index (κ3) is 2.22. The third-order valence-corrected chi connectivity index (χ3v) is 6.19. The first-order chi connectivity index (χ1) is 12.1. The zero-order chi connectivity index (χ0) is 17.1. The maximum atomic E-state index is 14.5. The Morgan fingerprint density at radius 2 is 1.84 bits per heavy atom. The Balaban J connectivity index is 1.54. The molecule has 0 radical (unpaired) electrons. The number of nitrogens with one attached hydrogen (secondary N) is 2. The molecule has 5 rings (SSSR count). The van der Waals surface area contributed by atoms with Crippen LogP contribution < -0.4 is 15.5 Å². The minimum absolute atomic E-state index is 0.0430. The number of piperidine rings is 2. The van der Waals surface area contributed by atoms with Crippen molar-refractivity contribution in [1.29, 1.82) is 0 Å². The summed E-state index contributed by atoms with van der Waals surface area (Å²) in [5.41, 5.74) is 1.35. The van der Waals surface area contributed by atoms with Crippen molar-refractivity contribution in [3.05, 3.63) is 28.8 Å². The fraction of sp³-hybridized carbons (Fsp3) is 0.611. The van der Waals surface area contributed by atoms with E-state index in [4.69, 9.17) is 0 Å². The second kappa shape index (κ2) is 5.64. The average molecular weight is 348 g/mol. The van der Waals surface area contributed by atoms with Crippen LogP contribution in [0.15, 0.2) is 6.07 Å². The van der Waals surface area contributed by atoms with Gasteiger partial charge in [-0.2, -0.15) is 0 Å². The summed E-state index contributed by atoms with van der Waals surface area (Å²) in [6.07, 6.45) is 2.98. The van der Waals surface area contributed by atoms with E-state index in [0.29, 0.717) is 24.2 Å². The Labute approximate surface area is 145 Å². The zero-order valence-electron chi connectivity index (χ0n) is 14.0. The maximum absolute atomic E-state index is 14.5. The van der Waals surface area contributed by atoms with E-state index in [1.165, 1.54) is 6.07 Å². The molecule has 25 heavy (non-hydrogen) atoms. The number of anilines is 1. The van der Waals surface area contributed by atoms with Gasteiger partial charge < -0.3 is 20.4 Å². The van der Waals surface area contributed by atoms with Gasteiger partial charge in [0.2, 0.25) is 0 Å². The van der Waals surface area contributed by atoms with Crippen LogP contribution in [0.3, 0.4) is 0 Å². The molecule has 0 saturated carbocycles. The van der Waals surface area contributed by atoms with Gasteiger partial charge in [-0.15, -0.1) is 0 Å². The van der Waals surface area contributed by atoms with E-state index in [-0.39, 0.29) is 17.5 Å². The number of fused-ring (bicyclic) bond motifs is 3. The molecule has 134 valence electrons. The second-order valence-corrected chi connectivity index (χ2v) is 7.59. The van der Waals surface area contributed by atoms with Crippen LogP contribution in [0.25, 0.3) is 0 Å². The number of hydrogen-bond donors (Lipinski definition) is 2. The molecule has 3 atom stereocenters. The van der Waals surface area contributed by atoms with Crippen LogP contribution in [0, 0.1) is 11.6 Å². The van der Waals surface area contributed by atoms with Gasteiger partial charge in [0.1, 0.15) is 0 Å².